The number of carbonyl (C=O) groups is 4. The number of nitrogens with zero attached hydrogens (tertiary/aromatic N) is 8. The molecule has 2 atom stereocenters. The van der Waals surface area contributed by atoms with E-state index in [0.29, 0.717) is 5.57 Å². The molecule has 224 valence electrons. The molecule has 2 aliphatic rings. The van der Waals surface area contributed by atoms with Crippen LogP contribution in [0.4, 0.5) is 5.13 Å². The first-order chi connectivity index (χ1) is 20.0. The number of tetrazole rings is 1. The number of thiazole rings is 1. The third kappa shape index (κ3) is 6.62. The number of oxime groups is 2. The molecule has 2 amide bonds. The Morgan fingerprint density at radius 3 is 2.69 bits per heavy atom. The Bertz CT molecular complexity index is 1490. The second kappa shape index (κ2) is 13.2. The third-order valence-corrected chi connectivity index (χ3v) is 8.55. The van der Waals surface area contributed by atoms with Crippen molar-refractivity contribution in [3.63, 3.8) is 0 Å². The van der Waals surface area contributed by atoms with Crippen molar-refractivity contribution >= 4 is 75.2 Å². The first kappa shape index (κ1) is 30.7. The Morgan fingerprint density at radius 1 is 1.31 bits per heavy atom. The molecule has 2 aliphatic heterocycles. The van der Waals surface area contributed by atoms with Crippen LogP contribution in [-0.4, -0.2) is 112 Å². The molecule has 0 spiro atoms. The predicted octanol–water partition coefficient (Wildman–Crippen LogP) is -0.541. The SMILES string of the molecule is CO/N=C(/Cn1nnnc1SCC1=C(C(=O)O)N2C(=O)C(NC(=O)/C(=N/OC(C)C)c3csc(N)n3)C2SC1)C(=O)O. The van der Waals surface area contributed by atoms with E-state index in [2.05, 4.69) is 41.0 Å². The van der Waals surface area contributed by atoms with Gasteiger partial charge in [-0.1, -0.05) is 22.1 Å². The van der Waals surface area contributed by atoms with Gasteiger partial charge in [-0.15, -0.1) is 28.2 Å². The van der Waals surface area contributed by atoms with Gasteiger partial charge in [0.1, 0.15) is 36.0 Å². The van der Waals surface area contributed by atoms with Gasteiger partial charge in [0.2, 0.25) is 5.16 Å². The van der Waals surface area contributed by atoms with Crippen molar-refractivity contribution in [2.45, 2.75) is 43.1 Å². The lowest BCUT2D eigenvalue weighted by Crippen LogP contribution is -2.71. The number of thioether (sulfide) groups is 2. The van der Waals surface area contributed by atoms with Crippen LogP contribution >= 0.6 is 34.9 Å². The number of carbonyl (C=O) groups excluding carboxylic acids is 2. The summed E-state index contributed by atoms with van der Waals surface area (Å²) >= 11 is 3.42. The molecule has 21 heteroatoms. The maximum atomic E-state index is 13.1. The van der Waals surface area contributed by atoms with Crippen molar-refractivity contribution in [1.82, 2.24) is 35.4 Å². The van der Waals surface area contributed by atoms with E-state index in [1.165, 1.54) is 28.9 Å². The minimum Gasteiger partial charge on any atom is -0.477 e. The van der Waals surface area contributed by atoms with E-state index < -0.39 is 35.2 Å². The van der Waals surface area contributed by atoms with E-state index in [0.717, 1.165) is 28.0 Å². The summed E-state index contributed by atoms with van der Waals surface area (Å²) in [5.74, 6) is -3.68. The number of rotatable bonds is 13. The highest BCUT2D eigenvalue weighted by atomic mass is 32.2. The van der Waals surface area contributed by atoms with E-state index in [-0.39, 0.29) is 57.3 Å². The predicted molar refractivity (Wildman–Crippen MR) is 150 cm³/mol. The van der Waals surface area contributed by atoms with Gasteiger partial charge >= 0.3 is 11.9 Å². The van der Waals surface area contributed by atoms with Gasteiger partial charge in [-0.2, -0.15) is 0 Å². The lowest BCUT2D eigenvalue weighted by molar-refractivity contribution is -0.150. The molecule has 0 saturated carbocycles. The minimum absolute atomic E-state index is 0.0843. The molecular weight excluding hydrogens is 616 g/mol. The molecule has 1 saturated heterocycles. The normalized spacial score (nSPS) is 19.0. The van der Waals surface area contributed by atoms with Gasteiger partial charge in [-0.3, -0.25) is 14.5 Å². The van der Waals surface area contributed by atoms with E-state index in [4.69, 9.17) is 10.6 Å². The van der Waals surface area contributed by atoms with Gasteiger partial charge < -0.3 is 30.9 Å². The van der Waals surface area contributed by atoms with Gasteiger partial charge in [0.25, 0.3) is 11.8 Å². The molecule has 1 fully saturated rings. The standard InChI is InChI=1S/C21H24N10O8S3/c1-8(2)39-27-12(11-7-41-20(22)23-11)15(32)24-13-16(33)31-14(19(36)37)9(5-40-17(13)31)6-42-21-25-28-29-30(21)4-10(18(34)35)26-38-3/h7-8,13,17H,4-6H2,1-3H3,(H2,22,23)(H,24,32)(H,34,35)(H,36,37)/b26-10-,27-12+. The van der Waals surface area contributed by atoms with E-state index >= 15 is 0 Å². The number of carboxylic acid groups (broad SMARTS) is 2. The van der Waals surface area contributed by atoms with Crippen LogP contribution < -0.4 is 11.1 Å². The molecule has 42 heavy (non-hydrogen) atoms. The number of amides is 2. The maximum Gasteiger partial charge on any atom is 0.355 e. The molecule has 2 unspecified atom stereocenters. The van der Waals surface area contributed by atoms with Crippen LogP contribution in [0, 0.1) is 0 Å². The summed E-state index contributed by atoms with van der Waals surface area (Å²) in [6, 6.07) is -1.02. The Morgan fingerprint density at radius 2 is 2.07 bits per heavy atom. The van der Waals surface area contributed by atoms with Crippen LogP contribution in [-0.2, 0) is 35.4 Å². The number of β-lactam (4-membered cyclic amide) rings is 1. The zero-order valence-electron chi connectivity index (χ0n) is 22.2. The highest BCUT2D eigenvalue weighted by molar-refractivity contribution is 8.01. The first-order valence-electron chi connectivity index (χ1n) is 11.9. The Kier molecular flexibility index (Phi) is 9.63. The van der Waals surface area contributed by atoms with Crippen LogP contribution in [0.1, 0.15) is 19.5 Å². The van der Waals surface area contributed by atoms with Crippen LogP contribution in [0.25, 0.3) is 0 Å². The Balaban J connectivity index is 1.48. The highest BCUT2D eigenvalue weighted by Crippen LogP contribution is 2.41. The fourth-order valence-electron chi connectivity index (χ4n) is 3.70. The van der Waals surface area contributed by atoms with Crippen LogP contribution in [0.2, 0.25) is 0 Å². The zero-order valence-corrected chi connectivity index (χ0v) is 24.6. The molecular formula is C21H24N10O8S3. The number of nitrogen functional groups attached to an aromatic ring is 1. The second-order valence-electron chi connectivity index (χ2n) is 8.72. The van der Waals surface area contributed by atoms with Crippen LogP contribution in [0.3, 0.4) is 0 Å². The van der Waals surface area contributed by atoms with Gasteiger partial charge in [-0.25, -0.2) is 19.3 Å². The molecule has 4 heterocycles. The average molecular weight is 641 g/mol. The largest absolute Gasteiger partial charge is 0.477 e. The number of aliphatic carboxylic acids is 2. The minimum atomic E-state index is -1.33. The third-order valence-electron chi connectivity index (χ3n) is 5.49. The Hall–Kier alpha value is -4.24. The number of nitrogens with one attached hydrogen (secondary N) is 1. The summed E-state index contributed by atoms with van der Waals surface area (Å²) in [6.45, 7) is 3.14. The number of fused-ring (bicyclic) bond motifs is 1. The summed E-state index contributed by atoms with van der Waals surface area (Å²) < 4.78 is 1.18. The number of hydrogen-bond acceptors (Lipinski definition) is 16. The van der Waals surface area contributed by atoms with Crippen molar-refractivity contribution in [3.05, 3.63) is 22.3 Å². The molecule has 2 aromatic heterocycles. The fourth-order valence-corrected chi connectivity index (χ4v) is 6.61. The topological polar surface area (TPSA) is 250 Å². The van der Waals surface area contributed by atoms with Gasteiger partial charge in [-0.05, 0) is 29.8 Å². The Labute approximate surface area is 249 Å². The molecule has 4 rings (SSSR count). The zero-order chi connectivity index (χ0) is 30.6. The number of hydrogen-bond donors (Lipinski definition) is 4. The maximum absolute atomic E-state index is 13.1. The molecule has 0 aromatic carbocycles. The molecule has 0 radical (unpaired) electrons. The molecule has 18 nitrogen and oxygen atoms in total. The van der Waals surface area contributed by atoms with Crippen molar-refractivity contribution < 1.29 is 39.1 Å². The molecule has 0 bridgehead atoms. The molecule has 2 aromatic rings. The van der Waals surface area contributed by atoms with E-state index in [1.54, 1.807) is 13.8 Å². The number of anilines is 1. The lowest BCUT2D eigenvalue weighted by Gasteiger charge is -2.49. The van der Waals surface area contributed by atoms with Crippen LogP contribution in [0.15, 0.2) is 32.1 Å². The average Bonchev–Trinajstić information content (AvgIpc) is 3.57. The second-order valence-corrected chi connectivity index (χ2v) is 11.7. The van der Waals surface area contributed by atoms with Crippen molar-refractivity contribution in [2.24, 2.45) is 10.3 Å². The van der Waals surface area contributed by atoms with Gasteiger partial charge in [0, 0.05) is 16.9 Å². The summed E-state index contributed by atoms with van der Waals surface area (Å²) in [5.41, 5.74) is 5.54. The first-order valence-corrected chi connectivity index (χ1v) is 14.8. The van der Waals surface area contributed by atoms with Crippen molar-refractivity contribution in [3.8, 4) is 0 Å². The van der Waals surface area contributed by atoms with Gasteiger partial charge in [0.05, 0.1) is 6.54 Å². The highest BCUT2D eigenvalue weighted by Gasteiger charge is 2.54. The smallest absolute Gasteiger partial charge is 0.355 e. The van der Waals surface area contributed by atoms with E-state index in [9.17, 15) is 29.4 Å². The monoisotopic (exact) mass is 640 g/mol. The van der Waals surface area contributed by atoms with Gasteiger partial charge in [0.15, 0.2) is 16.6 Å². The summed E-state index contributed by atoms with van der Waals surface area (Å²) in [6.07, 6.45) is -0.333. The fraction of sp³-hybridized carbons (Fsp3) is 0.429. The quantitative estimate of drug-likeness (QED) is 0.0928. The summed E-state index contributed by atoms with van der Waals surface area (Å²) in [4.78, 5) is 64.8. The van der Waals surface area contributed by atoms with Crippen molar-refractivity contribution in [2.75, 3.05) is 24.3 Å². The number of carboxylic acids is 2. The summed E-state index contributed by atoms with van der Waals surface area (Å²) in [7, 11) is 1.20. The summed E-state index contributed by atoms with van der Waals surface area (Å²) in [5, 5.41) is 41.6. The lowest BCUT2D eigenvalue weighted by atomic mass is 10.0. The van der Waals surface area contributed by atoms with Crippen molar-refractivity contribution in [1.29, 1.82) is 0 Å². The molecule has 0 aliphatic carbocycles. The van der Waals surface area contributed by atoms with Crippen LogP contribution in [0.5, 0.6) is 0 Å². The van der Waals surface area contributed by atoms with E-state index in [1.807, 2.05) is 0 Å². The molecule has 5 N–H and O–H groups in total. The number of nitrogens with two attached hydrogens (primary N) is 1. The number of aromatic nitrogens is 5.